The van der Waals surface area contributed by atoms with E-state index >= 15 is 0 Å². The topological polar surface area (TPSA) is 80.0 Å². The molecule has 0 bridgehead atoms. The van der Waals surface area contributed by atoms with Gasteiger partial charge in [0, 0.05) is 25.2 Å². The molecule has 0 aliphatic carbocycles. The van der Waals surface area contributed by atoms with Crippen LogP contribution >= 0.6 is 11.3 Å². The van der Waals surface area contributed by atoms with Crippen LogP contribution in [0.2, 0.25) is 0 Å². The zero-order valence-electron chi connectivity index (χ0n) is 11.8. The van der Waals surface area contributed by atoms with E-state index in [1.165, 1.54) is 11.3 Å². The predicted octanol–water partition coefficient (Wildman–Crippen LogP) is 1.89. The van der Waals surface area contributed by atoms with Gasteiger partial charge in [-0.1, -0.05) is 0 Å². The van der Waals surface area contributed by atoms with Gasteiger partial charge in [0.15, 0.2) is 5.13 Å². The number of anilines is 1. The third kappa shape index (κ3) is 3.16. The molecule has 0 aromatic carbocycles. The Labute approximate surface area is 121 Å². The number of rotatable bonds is 6. The number of carbonyl (C=O) groups is 1. The number of aliphatic carboxylic acids is 1. The van der Waals surface area contributed by atoms with Gasteiger partial charge in [-0.25, -0.2) is 4.98 Å². The Morgan fingerprint density at radius 3 is 2.90 bits per heavy atom. The van der Waals surface area contributed by atoms with Crippen molar-refractivity contribution in [1.29, 1.82) is 0 Å². The Kier molecular flexibility index (Phi) is 4.08. The third-order valence-electron chi connectivity index (χ3n) is 3.13. The van der Waals surface area contributed by atoms with E-state index in [0.29, 0.717) is 5.69 Å². The summed E-state index contributed by atoms with van der Waals surface area (Å²) in [5, 5.41) is 19.0. The molecule has 6 nitrogen and oxygen atoms in total. The second-order valence-corrected chi connectivity index (χ2v) is 6.03. The van der Waals surface area contributed by atoms with Gasteiger partial charge in [-0.15, -0.1) is 11.3 Å². The summed E-state index contributed by atoms with van der Waals surface area (Å²) >= 11 is 1.43. The largest absolute Gasteiger partial charge is 0.481 e. The maximum absolute atomic E-state index is 11.2. The molecule has 2 aromatic rings. The fraction of sp³-hybridized carbons (Fsp3) is 0.462. The van der Waals surface area contributed by atoms with Crippen LogP contribution in [0.3, 0.4) is 0 Å². The Morgan fingerprint density at radius 1 is 1.55 bits per heavy atom. The molecule has 2 rings (SSSR count). The van der Waals surface area contributed by atoms with Crippen molar-refractivity contribution in [2.24, 2.45) is 7.05 Å². The predicted molar refractivity (Wildman–Crippen MR) is 78.2 cm³/mol. The van der Waals surface area contributed by atoms with Crippen molar-refractivity contribution in [3.05, 3.63) is 29.0 Å². The van der Waals surface area contributed by atoms with E-state index in [9.17, 15) is 4.79 Å². The Balaban J connectivity index is 1.92. The quantitative estimate of drug-likeness (QED) is 0.850. The van der Waals surface area contributed by atoms with Crippen LogP contribution in [0.4, 0.5) is 5.13 Å². The van der Waals surface area contributed by atoms with Crippen LogP contribution in [-0.4, -0.2) is 32.4 Å². The highest BCUT2D eigenvalue weighted by molar-refractivity contribution is 7.13. The molecule has 0 aliphatic heterocycles. The highest BCUT2D eigenvalue weighted by atomic mass is 32.1. The molecule has 0 unspecified atom stereocenters. The highest BCUT2D eigenvalue weighted by Crippen LogP contribution is 2.27. The van der Waals surface area contributed by atoms with Crippen LogP contribution in [0.25, 0.3) is 0 Å². The lowest BCUT2D eigenvalue weighted by Gasteiger charge is -2.15. The molecule has 0 aliphatic rings. The van der Waals surface area contributed by atoms with Crippen LogP contribution in [0.5, 0.6) is 0 Å². The van der Waals surface area contributed by atoms with E-state index in [4.69, 9.17) is 5.11 Å². The van der Waals surface area contributed by atoms with Gasteiger partial charge >= 0.3 is 5.97 Å². The Bertz CT molecular complexity index is 603. The lowest BCUT2D eigenvalue weighted by atomic mass is 9.90. The zero-order chi connectivity index (χ0) is 14.8. The molecule has 7 heteroatoms. The minimum absolute atomic E-state index is 0.582. The average Bonchev–Trinajstić information content (AvgIpc) is 2.99. The van der Waals surface area contributed by atoms with Gasteiger partial charge in [0.25, 0.3) is 0 Å². The monoisotopic (exact) mass is 294 g/mol. The summed E-state index contributed by atoms with van der Waals surface area (Å²) in [6, 6.07) is 0. The summed E-state index contributed by atoms with van der Waals surface area (Å²) < 4.78 is 1.77. The number of nitrogens with zero attached hydrogens (tertiary/aromatic N) is 3. The summed E-state index contributed by atoms with van der Waals surface area (Å²) in [6.45, 7) is 4.06. The standard InChI is InChI=1S/C13H18N4O2S/c1-13(2,11(18)19)10-8-20-12(16-10)14-5-4-9-6-15-17(3)7-9/h6-8H,4-5H2,1-3H3,(H,14,16)(H,18,19). The first kappa shape index (κ1) is 14.5. The first-order chi connectivity index (χ1) is 9.39. The fourth-order valence-corrected chi connectivity index (χ4v) is 2.57. The number of aromatic nitrogens is 3. The van der Waals surface area contributed by atoms with Crippen LogP contribution in [0.1, 0.15) is 25.1 Å². The summed E-state index contributed by atoms with van der Waals surface area (Å²) in [5.41, 5.74) is 0.779. The molecule has 0 amide bonds. The summed E-state index contributed by atoms with van der Waals surface area (Å²) in [4.78, 5) is 15.5. The van der Waals surface area contributed by atoms with E-state index < -0.39 is 11.4 Å². The molecule has 0 saturated heterocycles. The van der Waals surface area contributed by atoms with Crippen LogP contribution < -0.4 is 5.32 Å². The molecule has 0 spiro atoms. The Hall–Kier alpha value is -1.89. The number of thiazole rings is 1. The number of carboxylic acids is 1. The number of hydrogen-bond donors (Lipinski definition) is 2. The van der Waals surface area contributed by atoms with Crippen molar-refractivity contribution >= 4 is 22.4 Å². The van der Waals surface area contributed by atoms with Gasteiger partial charge in [0.2, 0.25) is 0 Å². The van der Waals surface area contributed by atoms with Gasteiger partial charge < -0.3 is 10.4 Å². The molecule has 20 heavy (non-hydrogen) atoms. The number of hydrogen-bond acceptors (Lipinski definition) is 5. The number of carboxylic acid groups (broad SMARTS) is 1. The van der Waals surface area contributed by atoms with Gasteiger partial charge in [-0.05, 0) is 25.8 Å². The van der Waals surface area contributed by atoms with E-state index in [-0.39, 0.29) is 0 Å². The van der Waals surface area contributed by atoms with Gasteiger partial charge in [0.1, 0.15) is 5.41 Å². The molecule has 0 atom stereocenters. The zero-order valence-corrected chi connectivity index (χ0v) is 12.6. The molecule has 0 fully saturated rings. The Morgan fingerprint density at radius 2 is 2.30 bits per heavy atom. The van der Waals surface area contributed by atoms with E-state index in [1.807, 2.05) is 19.4 Å². The second kappa shape index (κ2) is 5.62. The van der Waals surface area contributed by atoms with E-state index in [0.717, 1.165) is 23.7 Å². The normalized spacial score (nSPS) is 11.6. The van der Waals surface area contributed by atoms with E-state index in [2.05, 4.69) is 15.4 Å². The first-order valence-corrected chi connectivity index (χ1v) is 7.18. The van der Waals surface area contributed by atoms with Crippen molar-refractivity contribution in [2.75, 3.05) is 11.9 Å². The minimum Gasteiger partial charge on any atom is -0.481 e. The van der Waals surface area contributed by atoms with Gasteiger partial charge in [-0.3, -0.25) is 9.48 Å². The lowest BCUT2D eigenvalue weighted by Crippen LogP contribution is -2.28. The molecular weight excluding hydrogens is 276 g/mol. The van der Waals surface area contributed by atoms with Gasteiger partial charge in [0.05, 0.1) is 11.9 Å². The SMILES string of the molecule is Cn1cc(CCNc2nc(C(C)(C)C(=O)O)cs2)cn1. The third-order valence-corrected chi connectivity index (χ3v) is 3.93. The molecule has 0 radical (unpaired) electrons. The minimum atomic E-state index is -0.959. The van der Waals surface area contributed by atoms with Crippen molar-refractivity contribution < 1.29 is 9.90 Å². The second-order valence-electron chi connectivity index (χ2n) is 5.17. The van der Waals surface area contributed by atoms with Crippen LogP contribution in [0, 0.1) is 0 Å². The van der Waals surface area contributed by atoms with Crippen molar-refractivity contribution in [1.82, 2.24) is 14.8 Å². The smallest absolute Gasteiger partial charge is 0.315 e. The van der Waals surface area contributed by atoms with Crippen LogP contribution in [0.15, 0.2) is 17.8 Å². The summed E-state index contributed by atoms with van der Waals surface area (Å²) in [6.07, 6.45) is 4.66. The molecule has 0 saturated carbocycles. The lowest BCUT2D eigenvalue weighted by molar-refractivity contribution is -0.142. The number of nitrogens with one attached hydrogen (secondary N) is 1. The molecule has 2 heterocycles. The maximum atomic E-state index is 11.2. The molecule has 108 valence electrons. The number of aryl methyl sites for hydroxylation is 1. The highest BCUT2D eigenvalue weighted by Gasteiger charge is 2.32. The van der Waals surface area contributed by atoms with Crippen molar-refractivity contribution in [2.45, 2.75) is 25.7 Å². The average molecular weight is 294 g/mol. The maximum Gasteiger partial charge on any atom is 0.315 e. The first-order valence-electron chi connectivity index (χ1n) is 6.30. The van der Waals surface area contributed by atoms with Crippen molar-refractivity contribution in [3.8, 4) is 0 Å². The summed E-state index contributed by atoms with van der Waals surface area (Å²) in [7, 11) is 1.89. The molecular formula is C13H18N4O2S. The van der Waals surface area contributed by atoms with Gasteiger partial charge in [-0.2, -0.15) is 5.10 Å². The summed E-state index contributed by atoms with van der Waals surface area (Å²) in [5.74, 6) is -0.871. The fourth-order valence-electron chi connectivity index (χ4n) is 1.67. The van der Waals surface area contributed by atoms with Crippen LogP contribution in [-0.2, 0) is 23.7 Å². The van der Waals surface area contributed by atoms with Crippen molar-refractivity contribution in [3.63, 3.8) is 0 Å². The van der Waals surface area contributed by atoms with E-state index in [1.54, 1.807) is 23.9 Å². The molecule has 2 aromatic heterocycles. The molecule has 2 N–H and O–H groups in total.